The molecular weight excluding hydrogens is 320 g/mol. The average molecular weight is 348 g/mol. The van der Waals surface area contributed by atoms with E-state index in [-0.39, 0.29) is 0 Å². The van der Waals surface area contributed by atoms with Crippen molar-refractivity contribution in [3.05, 3.63) is 59.7 Å². The number of benzene rings is 2. The molecule has 0 saturated carbocycles. The van der Waals surface area contributed by atoms with E-state index in [4.69, 9.17) is 4.74 Å². The van der Waals surface area contributed by atoms with E-state index in [2.05, 4.69) is 65.3 Å². The standard InChI is InChI=1S/C23H28N2O/c1-17-14-25(15-17)19-8-9-23-21(13-19)20(12-18-6-3-2-4-7-18)22(16-26-23)24-10-5-11-24/h2-4,6-9,13,17,20,22H,5,10-12,14-16H2,1H3. The summed E-state index contributed by atoms with van der Waals surface area (Å²) in [4.78, 5) is 5.12. The predicted octanol–water partition coefficient (Wildman–Crippen LogP) is 3.94. The van der Waals surface area contributed by atoms with Crippen molar-refractivity contribution in [2.24, 2.45) is 5.92 Å². The molecule has 2 atom stereocenters. The third-order valence-corrected chi connectivity index (χ3v) is 6.35. The SMILES string of the molecule is CC1CN(c2ccc3c(c2)C(Cc2ccccc2)C(N2CCC2)CO3)C1. The maximum absolute atomic E-state index is 6.21. The Kier molecular flexibility index (Phi) is 4.12. The van der Waals surface area contributed by atoms with Gasteiger partial charge in [-0.3, -0.25) is 4.90 Å². The molecule has 0 N–H and O–H groups in total. The number of rotatable bonds is 4. The van der Waals surface area contributed by atoms with Crippen LogP contribution in [0.25, 0.3) is 0 Å². The van der Waals surface area contributed by atoms with Gasteiger partial charge in [0.15, 0.2) is 0 Å². The van der Waals surface area contributed by atoms with Gasteiger partial charge in [-0.2, -0.15) is 0 Å². The summed E-state index contributed by atoms with van der Waals surface area (Å²) in [7, 11) is 0. The number of anilines is 1. The predicted molar refractivity (Wildman–Crippen MR) is 106 cm³/mol. The summed E-state index contributed by atoms with van der Waals surface area (Å²) in [5, 5.41) is 0. The highest BCUT2D eigenvalue weighted by molar-refractivity contribution is 5.57. The molecule has 2 aromatic carbocycles. The molecule has 0 bridgehead atoms. The van der Waals surface area contributed by atoms with E-state index >= 15 is 0 Å². The highest BCUT2D eigenvalue weighted by Gasteiger charge is 2.37. The lowest BCUT2D eigenvalue weighted by molar-refractivity contribution is 0.0502. The minimum absolute atomic E-state index is 0.502. The van der Waals surface area contributed by atoms with Crippen LogP contribution in [0.3, 0.4) is 0 Å². The molecule has 3 aliphatic rings. The lowest BCUT2D eigenvalue weighted by Gasteiger charge is -2.46. The van der Waals surface area contributed by atoms with Gasteiger partial charge in [-0.05, 0) is 55.6 Å². The van der Waals surface area contributed by atoms with E-state index < -0.39 is 0 Å². The second-order valence-electron chi connectivity index (χ2n) is 8.30. The first-order valence-corrected chi connectivity index (χ1v) is 10.1. The van der Waals surface area contributed by atoms with Crippen molar-refractivity contribution >= 4 is 5.69 Å². The quantitative estimate of drug-likeness (QED) is 0.832. The molecule has 2 saturated heterocycles. The lowest BCUT2D eigenvalue weighted by atomic mass is 9.82. The fourth-order valence-electron chi connectivity index (χ4n) is 4.71. The van der Waals surface area contributed by atoms with Crippen molar-refractivity contribution in [2.45, 2.75) is 31.7 Å². The van der Waals surface area contributed by atoms with E-state index in [0.717, 1.165) is 24.7 Å². The Morgan fingerprint density at radius 2 is 1.85 bits per heavy atom. The first-order chi connectivity index (χ1) is 12.8. The van der Waals surface area contributed by atoms with Crippen molar-refractivity contribution in [1.29, 1.82) is 0 Å². The van der Waals surface area contributed by atoms with Crippen molar-refractivity contribution < 1.29 is 4.74 Å². The monoisotopic (exact) mass is 348 g/mol. The van der Waals surface area contributed by atoms with Crippen molar-refractivity contribution in [2.75, 3.05) is 37.7 Å². The molecular formula is C23H28N2O. The Balaban J connectivity index is 1.48. The molecule has 3 heterocycles. The highest BCUT2D eigenvalue weighted by Crippen LogP contribution is 2.41. The van der Waals surface area contributed by atoms with Gasteiger partial charge in [0.1, 0.15) is 12.4 Å². The van der Waals surface area contributed by atoms with Gasteiger partial charge < -0.3 is 9.64 Å². The molecule has 26 heavy (non-hydrogen) atoms. The molecule has 0 spiro atoms. The van der Waals surface area contributed by atoms with E-state index in [1.807, 2.05) is 0 Å². The van der Waals surface area contributed by atoms with E-state index in [9.17, 15) is 0 Å². The summed E-state index contributed by atoms with van der Waals surface area (Å²) in [6.07, 6.45) is 2.42. The van der Waals surface area contributed by atoms with E-state index in [1.165, 1.54) is 49.4 Å². The topological polar surface area (TPSA) is 15.7 Å². The van der Waals surface area contributed by atoms with Crippen molar-refractivity contribution in [3.8, 4) is 5.75 Å². The summed E-state index contributed by atoms with van der Waals surface area (Å²) in [5.74, 6) is 2.43. The van der Waals surface area contributed by atoms with Gasteiger partial charge >= 0.3 is 0 Å². The molecule has 2 unspecified atom stereocenters. The molecule has 136 valence electrons. The first kappa shape index (κ1) is 16.2. The molecule has 0 amide bonds. The highest BCUT2D eigenvalue weighted by atomic mass is 16.5. The summed E-state index contributed by atoms with van der Waals surface area (Å²) < 4.78 is 6.21. The zero-order valence-corrected chi connectivity index (χ0v) is 15.6. The largest absolute Gasteiger partial charge is 0.492 e. The van der Waals surface area contributed by atoms with Gasteiger partial charge in [-0.1, -0.05) is 37.3 Å². The Morgan fingerprint density at radius 3 is 2.54 bits per heavy atom. The second kappa shape index (κ2) is 6.62. The zero-order valence-electron chi connectivity index (χ0n) is 15.6. The third kappa shape index (κ3) is 2.88. The van der Waals surface area contributed by atoms with Gasteiger partial charge in [0.2, 0.25) is 0 Å². The minimum Gasteiger partial charge on any atom is -0.492 e. The number of fused-ring (bicyclic) bond motifs is 1. The lowest BCUT2D eigenvalue weighted by Crippen LogP contribution is -2.52. The smallest absolute Gasteiger partial charge is 0.123 e. The van der Waals surface area contributed by atoms with Crippen LogP contribution in [0.2, 0.25) is 0 Å². The second-order valence-corrected chi connectivity index (χ2v) is 8.30. The van der Waals surface area contributed by atoms with Crippen LogP contribution >= 0.6 is 0 Å². The van der Waals surface area contributed by atoms with Crippen LogP contribution in [0, 0.1) is 5.92 Å². The molecule has 2 fully saturated rings. The van der Waals surface area contributed by atoms with Crippen LogP contribution in [0.15, 0.2) is 48.5 Å². The molecule has 0 radical (unpaired) electrons. The van der Waals surface area contributed by atoms with Gasteiger partial charge in [-0.25, -0.2) is 0 Å². The van der Waals surface area contributed by atoms with Gasteiger partial charge in [0, 0.05) is 30.3 Å². The van der Waals surface area contributed by atoms with Crippen LogP contribution in [0.1, 0.15) is 30.4 Å². The molecule has 0 aliphatic carbocycles. The zero-order chi connectivity index (χ0) is 17.5. The van der Waals surface area contributed by atoms with Gasteiger partial charge in [0.25, 0.3) is 0 Å². The summed E-state index contributed by atoms with van der Waals surface area (Å²) in [6.45, 7) is 7.95. The van der Waals surface area contributed by atoms with Gasteiger partial charge in [-0.15, -0.1) is 0 Å². The Bertz CT molecular complexity index is 765. The maximum atomic E-state index is 6.21. The van der Waals surface area contributed by atoms with Crippen LogP contribution < -0.4 is 9.64 Å². The van der Waals surface area contributed by atoms with Crippen LogP contribution in [-0.2, 0) is 6.42 Å². The first-order valence-electron chi connectivity index (χ1n) is 10.1. The average Bonchev–Trinajstić information content (AvgIpc) is 2.60. The Morgan fingerprint density at radius 1 is 1.04 bits per heavy atom. The molecule has 3 heteroatoms. The molecule has 5 rings (SSSR count). The van der Waals surface area contributed by atoms with Gasteiger partial charge in [0.05, 0.1) is 6.04 Å². The number of ether oxygens (including phenoxy) is 1. The molecule has 3 nitrogen and oxygen atoms in total. The number of hydrogen-bond acceptors (Lipinski definition) is 3. The maximum Gasteiger partial charge on any atom is 0.123 e. The van der Waals surface area contributed by atoms with Crippen LogP contribution in [0.4, 0.5) is 5.69 Å². The molecule has 0 aromatic heterocycles. The summed E-state index contributed by atoms with van der Waals surface area (Å²) in [5.41, 5.74) is 4.21. The Labute approximate surface area is 156 Å². The third-order valence-electron chi connectivity index (χ3n) is 6.35. The number of hydrogen-bond donors (Lipinski definition) is 0. The summed E-state index contributed by atoms with van der Waals surface area (Å²) >= 11 is 0. The van der Waals surface area contributed by atoms with Crippen LogP contribution in [0.5, 0.6) is 5.75 Å². The Hall–Kier alpha value is -2.00. The van der Waals surface area contributed by atoms with Crippen molar-refractivity contribution in [1.82, 2.24) is 4.90 Å². The molecule has 3 aliphatic heterocycles. The normalized spacial score (nSPS) is 25.8. The van der Waals surface area contributed by atoms with Crippen LogP contribution in [-0.4, -0.2) is 43.7 Å². The minimum atomic E-state index is 0.502. The van der Waals surface area contributed by atoms with E-state index in [1.54, 1.807) is 0 Å². The number of likely N-dealkylation sites (tertiary alicyclic amines) is 1. The summed E-state index contributed by atoms with van der Waals surface area (Å²) in [6, 6.07) is 18.3. The van der Waals surface area contributed by atoms with E-state index in [0.29, 0.717) is 12.0 Å². The molecule has 2 aromatic rings. The number of nitrogens with zero attached hydrogens (tertiary/aromatic N) is 2. The van der Waals surface area contributed by atoms with Crippen molar-refractivity contribution in [3.63, 3.8) is 0 Å². The fraction of sp³-hybridized carbons (Fsp3) is 0.478. The fourth-order valence-corrected chi connectivity index (χ4v) is 4.71.